The number of rotatable bonds is 8. The molecule has 0 aliphatic heterocycles. The lowest BCUT2D eigenvalue weighted by atomic mass is 10.2. The van der Waals surface area contributed by atoms with E-state index in [-0.39, 0.29) is 5.56 Å². The summed E-state index contributed by atoms with van der Waals surface area (Å²) in [6, 6.07) is 6.64. The zero-order chi connectivity index (χ0) is 13.4. The van der Waals surface area contributed by atoms with Gasteiger partial charge in [0.2, 0.25) is 0 Å². The van der Waals surface area contributed by atoms with Gasteiger partial charge in [0, 0.05) is 20.2 Å². The van der Waals surface area contributed by atoms with Gasteiger partial charge in [-0.15, -0.1) is 0 Å². The summed E-state index contributed by atoms with van der Waals surface area (Å²) >= 11 is 0. The molecule has 0 radical (unpaired) electrons. The average Bonchev–Trinajstić information content (AvgIpc) is 2.36. The van der Waals surface area contributed by atoms with Crippen molar-refractivity contribution in [2.75, 3.05) is 40.5 Å². The number of carbonyl (C=O) groups is 1. The van der Waals surface area contributed by atoms with Crippen molar-refractivity contribution < 1.29 is 19.4 Å². The molecule has 0 bridgehead atoms. The molecule has 0 saturated heterocycles. The van der Waals surface area contributed by atoms with Gasteiger partial charge in [0.1, 0.15) is 17.9 Å². The molecule has 0 saturated carbocycles. The Hall–Kier alpha value is -1.59. The summed E-state index contributed by atoms with van der Waals surface area (Å²) in [5.41, 5.74) is 0.192. The predicted octanol–water partition coefficient (Wildman–Crippen LogP) is 1.34. The van der Waals surface area contributed by atoms with Crippen LogP contribution in [-0.4, -0.2) is 56.4 Å². The summed E-state index contributed by atoms with van der Waals surface area (Å²) in [6.07, 6.45) is 0. The number of methoxy groups -OCH3 is 1. The average molecular weight is 253 g/mol. The van der Waals surface area contributed by atoms with Crippen molar-refractivity contribution in [2.45, 2.75) is 0 Å². The largest absolute Gasteiger partial charge is 0.491 e. The number of hydrogen-bond acceptors (Lipinski definition) is 4. The molecule has 5 nitrogen and oxygen atoms in total. The minimum Gasteiger partial charge on any atom is -0.491 e. The molecule has 0 amide bonds. The fourth-order valence-corrected chi connectivity index (χ4v) is 1.44. The lowest BCUT2D eigenvalue weighted by Crippen LogP contribution is -2.27. The molecule has 5 heteroatoms. The number of nitrogens with zero attached hydrogens (tertiary/aromatic N) is 1. The van der Waals surface area contributed by atoms with Gasteiger partial charge < -0.3 is 19.5 Å². The molecule has 100 valence electrons. The molecule has 0 aromatic heterocycles. The highest BCUT2D eigenvalue weighted by Gasteiger charge is 2.09. The Kier molecular flexibility index (Phi) is 6.18. The van der Waals surface area contributed by atoms with E-state index in [2.05, 4.69) is 4.90 Å². The zero-order valence-electron chi connectivity index (χ0n) is 10.8. The van der Waals surface area contributed by atoms with Crippen LogP contribution in [0.1, 0.15) is 10.4 Å². The molecular formula is C13H19NO4. The number of carboxylic acid groups (broad SMARTS) is 1. The predicted molar refractivity (Wildman–Crippen MR) is 68.3 cm³/mol. The van der Waals surface area contributed by atoms with Gasteiger partial charge in [-0.25, -0.2) is 4.79 Å². The topological polar surface area (TPSA) is 59.0 Å². The van der Waals surface area contributed by atoms with Crippen LogP contribution in [0.5, 0.6) is 5.75 Å². The molecule has 0 heterocycles. The van der Waals surface area contributed by atoms with E-state index in [0.29, 0.717) is 19.0 Å². The third-order valence-electron chi connectivity index (χ3n) is 2.53. The Balaban J connectivity index is 2.41. The highest BCUT2D eigenvalue weighted by atomic mass is 16.5. The number of carboxylic acids is 1. The van der Waals surface area contributed by atoms with Crippen LogP contribution in [0.2, 0.25) is 0 Å². The number of benzene rings is 1. The van der Waals surface area contributed by atoms with Gasteiger partial charge in [0.15, 0.2) is 0 Å². The van der Waals surface area contributed by atoms with Gasteiger partial charge in [-0.3, -0.25) is 0 Å². The summed E-state index contributed by atoms with van der Waals surface area (Å²) in [5, 5.41) is 8.98. The SMILES string of the molecule is COCCN(C)CCOc1ccccc1C(=O)O. The monoisotopic (exact) mass is 253 g/mol. The smallest absolute Gasteiger partial charge is 0.339 e. The maximum Gasteiger partial charge on any atom is 0.339 e. The van der Waals surface area contributed by atoms with E-state index >= 15 is 0 Å². The molecular weight excluding hydrogens is 234 g/mol. The summed E-state index contributed by atoms with van der Waals surface area (Å²) in [6.45, 7) is 2.66. The van der Waals surface area contributed by atoms with Gasteiger partial charge >= 0.3 is 5.97 Å². The molecule has 1 aromatic rings. The normalized spacial score (nSPS) is 10.6. The van der Waals surface area contributed by atoms with Crippen LogP contribution in [-0.2, 0) is 4.74 Å². The highest BCUT2D eigenvalue weighted by Crippen LogP contribution is 2.17. The Bertz CT molecular complexity index is 381. The molecule has 1 aromatic carbocycles. The molecule has 0 fully saturated rings. The molecule has 18 heavy (non-hydrogen) atoms. The van der Waals surface area contributed by atoms with Gasteiger partial charge in [0.25, 0.3) is 0 Å². The van der Waals surface area contributed by atoms with Crippen molar-refractivity contribution in [1.29, 1.82) is 0 Å². The fraction of sp³-hybridized carbons (Fsp3) is 0.462. The first kappa shape index (κ1) is 14.5. The first-order chi connectivity index (χ1) is 8.65. The van der Waals surface area contributed by atoms with E-state index in [1.54, 1.807) is 25.3 Å². The van der Waals surface area contributed by atoms with Gasteiger partial charge in [0.05, 0.1) is 6.61 Å². The van der Waals surface area contributed by atoms with E-state index in [1.807, 2.05) is 7.05 Å². The summed E-state index contributed by atoms with van der Waals surface area (Å²) < 4.78 is 10.5. The minimum absolute atomic E-state index is 0.192. The molecule has 0 aliphatic rings. The van der Waals surface area contributed by atoms with Crippen LogP contribution in [0.15, 0.2) is 24.3 Å². The van der Waals surface area contributed by atoms with Crippen LogP contribution in [0, 0.1) is 0 Å². The molecule has 0 aliphatic carbocycles. The first-order valence-corrected chi connectivity index (χ1v) is 5.77. The first-order valence-electron chi connectivity index (χ1n) is 5.77. The van der Waals surface area contributed by atoms with Gasteiger partial charge in [-0.05, 0) is 19.2 Å². The molecule has 0 spiro atoms. The molecule has 0 atom stereocenters. The van der Waals surface area contributed by atoms with Crippen LogP contribution in [0.3, 0.4) is 0 Å². The third-order valence-corrected chi connectivity index (χ3v) is 2.53. The number of likely N-dealkylation sites (N-methyl/N-ethyl adjacent to an activating group) is 1. The second kappa shape index (κ2) is 7.68. The van der Waals surface area contributed by atoms with Crippen LogP contribution in [0.25, 0.3) is 0 Å². The van der Waals surface area contributed by atoms with Crippen molar-refractivity contribution >= 4 is 5.97 Å². The summed E-state index contributed by atoms with van der Waals surface area (Å²) in [4.78, 5) is 13.0. The zero-order valence-corrected chi connectivity index (χ0v) is 10.8. The van der Waals surface area contributed by atoms with Gasteiger partial charge in [-0.2, -0.15) is 0 Å². The van der Waals surface area contributed by atoms with Crippen LogP contribution >= 0.6 is 0 Å². The Labute approximate surface area is 107 Å². The second-order valence-corrected chi connectivity index (χ2v) is 3.95. The Morgan fingerprint density at radius 2 is 1.94 bits per heavy atom. The maximum atomic E-state index is 11.0. The number of ether oxygens (including phenoxy) is 2. The summed E-state index contributed by atoms with van der Waals surface area (Å²) in [5.74, 6) is -0.566. The number of aromatic carboxylic acids is 1. The quantitative estimate of drug-likeness (QED) is 0.757. The van der Waals surface area contributed by atoms with E-state index in [1.165, 1.54) is 6.07 Å². The molecule has 1 rings (SSSR count). The fourth-order valence-electron chi connectivity index (χ4n) is 1.44. The van der Waals surface area contributed by atoms with Crippen LogP contribution < -0.4 is 4.74 Å². The van der Waals surface area contributed by atoms with Crippen molar-refractivity contribution in [3.05, 3.63) is 29.8 Å². The number of para-hydroxylation sites is 1. The Morgan fingerprint density at radius 1 is 1.28 bits per heavy atom. The highest BCUT2D eigenvalue weighted by molar-refractivity contribution is 5.90. The van der Waals surface area contributed by atoms with E-state index < -0.39 is 5.97 Å². The standard InChI is InChI=1S/C13H19NO4/c1-14(7-9-17-2)8-10-18-12-6-4-3-5-11(12)13(15)16/h3-6H,7-10H2,1-2H3,(H,15,16). The second-order valence-electron chi connectivity index (χ2n) is 3.95. The van der Waals surface area contributed by atoms with E-state index in [9.17, 15) is 4.79 Å². The van der Waals surface area contributed by atoms with Crippen molar-refractivity contribution in [1.82, 2.24) is 4.90 Å². The van der Waals surface area contributed by atoms with Crippen molar-refractivity contribution in [2.24, 2.45) is 0 Å². The lowest BCUT2D eigenvalue weighted by Gasteiger charge is -2.16. The van der Waals surface area contributed by atoms with Crippen LogP contribution in [0.4, 0.5) is 0 Å². The lowest BCUT2D eigenvalue weighted by molar-refractivity contribution is 0.0691. The van der Waals surface area contributed by atoms with Crippen molar-refractivity contribution in [3.63, 3.8) is 0 Å². The van der Waals surface area contributed by atoms with E-state index in [4.69, 9.17) is 14.6 Å². The van der Waals surface area contributed by atoms with E-state index in [0.717, 1.165) is 13.1 Å². The molecule has 1 N–H and O–H groups in total. The Morgan fingerprint density at radius 3 is 2.61 bits per heavy atom. The molecule has 0 unspecified atom stereocenters. The third kappa shape index (κ3) is 4.73. The summed E-state index contributed by atoms with van der Waals surface area (Å²) in [7, 11) is 3.62. The minimum atomic E-state index is -0.974. The number of hydrogen-bond donors (Lipinski definition) is 1. The maximum absolute atomic E-state index is 11.0. The van der Waals surface area contributed by atoms with Gasteiger partial charge in [-0.1, -0.05) is 12.1 Å². The van der Waals surface area contributed by atoms with Crippen molar-refractivity contribution in [3.8, 4) is 5.75 Å².